The summed E-state index contributed by atoms with van der Waals surface area (Å²) in [6, 6.07) is 0. The van der Waals surface area contributed by atoms with E-state index in [2.05, 4.69) is 0 Å². The van der Waals surface area contributed by atoms with Gasteiger partial charge in [-0.2, -0.15) is 0 Å². The fourth-order valence-electron chi connectivity index (χ4n) is 1.88. The number of hydrogen-bond donors (Lipinski definition) is 2. The maximum Gasteiger partial charge on any atom is 0.323 e. The fourth-order valence-corrected chi connectivity index (χ4v) is 1.88. The molecule has 2 amide bonds. The summed E-state index contributed by atoms with van der Waals surface area (Å²) in [7, 11) is 0. The van der Waals surface area contributed by atoms with Gasteiger partial charge < -0.3 is 20.5 Å². The van der Waals surface area contributed by atoms with Gasteiger partial charge in [-0.25, -0.2) is 0 Å². The highest BCUT2D eigenvalue weighted by Gasteiger charge is 2.23. The topological polar surface area (TPSA) is 110 Å². The summed E-state index contributed by atoms with van der Waals surface area (Å²) in [4.78, 5) is 34.2. The Morgan fingerprint density at radius 2 is 2.00 bits per heavy atom. The molecule has 1 aliphatic heterocycles. The lowest BCUT2D eigenvalue weighted by atomic mass is 10.1. The maximum absolute atomic E-state index is 11.9. The Kier molecular flexibility index (Phi) is 5.57. The molecule has 1 atom stereocenters. The third-order valence-electron chi connectivity index (χ3n) is 2.70. The lowest BCUT2D eigenvalue weighted by Crippen LogP contribution is -2.43. The van der Waals surface area contributed by atoms with E-state index < -0.39 is 24.3 Å². The van der Waals surface area contributed by atoms with Crippen molar-refractivity contribution in [3.05, 3.63) is 0 Å². The smallest absolute Gasteiger partial charge is 0.323 e. The molecule has 7 heteroatoms. The van der Waals surface area contributed by atoms with E-state index in [1.54, 1.807) is 0 Å². The molecular formula is C11H18N2O5. The summed E-state index contributed by atoms with van der Waals surface area (Å²) in [5.74, 6) is -2.31. The van der Waals surface area contributed by atoms with Gasteiger partial charge in [-0.3, -0.25) is 14.4 Å². The molecule has 1 unspecified atom stereocenters. The molecule has 18 heavy (non-hydrogen) atoms. The van der Waals surface area contributed by atoms with Gasteiger partial charge in [-0.15, -0.1) is 0 Å². The van der Waals surface area contributed by atoms with Crippen molar-refractivity contribution in [3.63, 3.8) is 0 Å². The summed E-state index contributed by atoms with van der Waals surface area (Å²) in [6.07, 6.45) is 2.66. The molecule has 0 bridgehead atoms. The van der Waals surface area contributed by atoms with Gasteiger partial charge in [0, 0.05) is 6.61 Å². The highest BCUT2D eigenvalue weighted by atomic mass is 16.5. The Morgan fingerprint density at radius 3 is 2.50 bits per heavy atom. The van der Waals surface area contributed by atoms with Crippen molar-refractivity contribution in [1.82, 2.24) is 4.90 Å². The third-order valence-corrected chi connectivity index (χ3v) is 2.70. The first-order valence-electron chi connectivity index (χ1n) is 5.88. The molecule has 1 rings (SSSR count). The maximum atomic E-state index is 11.9. The number of hydrogen-bond acceptors (Lipinski definition) is 4. The predicted molar refractivity (Wildman–Crippen MR) is 61.6 cm³/mol. The first-order valence-corrected chi connectivity index (χ1v) is 5.88. The minimum absolute atomic E-state index is 0.0978. The minimum Gasteiger partial charge on any atom is -0.480 e. The van der Waals surface area contributed by atoms with Crippen LogP contribution in [0.25, 0.3) is 0 Å². The number of amides is 2. The Morgan fingerprint density at radius 1 is 1.28 bits per heavy atom. The van der Waals surface area contributed by atoms with Crippen LogP contribution in [-0.4, -0.2) is 53.6 Å². The van der Waals surface area contributed by atoms with Crippen LogP contribution in [0.4, 0.5) is 0 Å². The lowest BCUT2D eigenvalue weighted by Gasteiger charge is -2.25. The van der Waals surface area contributed by atoms with Crippen LogP contribution < -0.4 is 5.73 Å². The van der Waals surface area contributed by atoms with Crippen LogP contribution in [0, 0.1) is 0 Å². The SMILES string of the molecule is NC(=O)CN(CC(=O)O)C(=O)CC1CCCCO1. The molecule has 1 heterocycles. The second-order valence-electron chi connectivity index (χ2n) is 4.30. The number of rotatable bonds is 6. The monoisotopic (exact) mass is 258 g/mol. The van der Waals surface area contributed by atoms with Crippen molar-refractivity contribution in [1.29, 1.82) is 0 Å². The van der Waals surface area contributed by atoms with E-state index in [1.165, 1.54) is 0 Å². The Bertz CT molecular complexity index is 309. The average molecular weight is 258 g/mol. The standard InChI is InChI=1S/C11H18N2O5/c12-9(14)6-13(7-11(16)17)10(15)5-8-3-1-2-4-18-8/h8H,1-7H2,(H2,12,14)(H,16,17). The summed E-state index contributed by atoms with van der Waals surface area (Å²) in [6.45, 7) is -0.279. The van der Waals surface area contributed by atoms with E-state index in [4.69, 9.17) is 15.6 Å². The van der Waals surface area contributed by atoms with Crippen LogP contribution in [0.15, 0.2) is 0 Å². The van der Waals surface area contributed by atoms with Crippen molar-refractivity contribution in [2.45, 2.75) is 31.8 Å². The minimum atomic E-state index is -1.17. The van der Waals surface area contributed by atoms with Gasteiger partial charge in [0.2, 0.25) is 11.8 Å². The van der Waals surface area contributed by atoms with E-state index in [0.717, 1.165) is 24.2 Å². The molecule has 0 radical (unpaired) electrons. The second kappa shape index (κ2) is 6.95. The molecule has 1 saturated heterocycles. The van der Waals surface area contributed by atoms with Crippen LogP contribution in [0.1, 0.15) is 25.7 Å². The Hall–Kier alpha value is -1.63. The zero-order valence-corrected chi connectivity index (χ0v) is 10.1. The molecular weight excluding hydrogens is 240 g/mol. The Labute approximate surface area is 105 Å². The largest absolute Gasteiger partial charge is 0.480 e. The fraction of sp³-hybridized carbons (Fsp3) is 0.727. The normalized spacial score (nSPS) is 19.2. The second-order valence-corrected chi connectivity index (χ2v) is 4.30. The summed E-state index contributed by atoms with van der Waals surface area (Å²) < 4.78 is 5.40. The van der Waals surface area contributed by atoms with Crippen molar-refractivity contribution in [2.24, 2.45) is 5.73 Å². The van der Waals surface area contributed by atoms with Gasteiger partial charge >= 0.3 is 5.97 Å². The van der Waals surface area contributed by atoms with Gasteiger partial charge in [0.1, 0.15) is 6.54 Å². The molecule has 0 saturated carbocycles. The predicted octanol–water partition coefficient (Wildman–Crippen LogP) is -0.656. The van der Waals surface area contributed by atoms with Crippen LogP contribution >= 0.6 is 0 Å². The Balaban J connectivity index is 2.51. The van der Waals surface area contributed by atoms with E-state index in [1.807, 2.05) is 0 Å². The van der Waals surface area contributed by atoms with E-state index >= 15 is 0 Å². The quantitative estimate of drug-likeness (QED) is 0.657. The molecule has 0 spiro atoms. The van der Waals surface area contributed by atoms with Crippen LogP contribution in [-0.2, 0) is 19.1 Å². The number of nitrogens with zero attached hydrogens (tertiary/aromatic N) is 1. The molecule has 0 aromatic rings. The molecule has 0 aromatic heterocycles. The molecule has 102 valence electrons. The number of carboxylic acids is 1. The average Bonchev–Trinajstić information content (AvgIpc) is 2.28. The lowest BCUT2D eigenvalue weighted by molar-refractivity contribution is -0.147. The molecule has 3 N–H and O–H groups in total. The number of carbonyl (C=O) groups is 3. The summed E-state index contributed by atoms with van der Waals surface area (Å²) in [5, 5.41) is 8.67. The zero-order chi connectivity index (χ0) is 13.5. The summed E-state index contributed by atoms with van der Waals surface area (Å²) in [5.41, 5.74) is 4.98. The van der Waals surface area contributed by atoms with Gasteiger partial charge in [-0.1, -0.05) is 0 Å². The van der Waals surface area contributed by atoms with Crippen molar-refractivity contribution in [3.8, 4) is 0 Å². The van der Waals surface area contributed by atoms with Crippen molar-refractivity contribution < 1.29 is 24.2 Å². The van der Waals surface area contributed by atoms with Gasteiger partial charge in [0.05, 0.1) is 19.1 Å². The van der Waals surface area contributed by atoms with Gasteiger partial charge in [0.25, 0.3) is 0 Å². The van der Waals surface area contributed by atoms with Gasteiger partial charge in [0.15, 0.2) is 0 Å². The van der Waals surface area contributed by atoms with Crippen LogP contribution in [0.3, 0.4) is 0 Å². The van der Waals surface area contributed by atoms with Crippen LogP contribution in [0.2, 0.25) is 0 Å². The highest BCUT2D eigenvalue weighted by Crippen LogP contribution is 2.16. The number of carboxylic acid groups (broad SMARTS) is 1. The molecule has 7 nitrogen and oxygen atoms in total. The molecule has 0 aliphatic carbocycles. The number of ether oxygens (including phenoxy) is 1. The molecule has 0 aromatic carbocycles. The van der Waals surface area contributed by atoms with Crippen LogP contribution in [0.5, 0.6) is 0 Å². The first-order chi connectivity index (χ1) is 8.49. The molecule has 1 aliphatic rings. The van der Waals surface area contributed by atoms with E-state index in [9.17, 15) is 14.4 Å². The number of carbonyl (C=O) groups excluding carboxylic acids is 2. The number of primary amides is 1. The van der Waals surface area contributed by atoms with Crippen molar-refractivity contribution in [2.75, 3.05) is 19.7 Å². The van der Waals surface area contributed by atoms with Gasteiger partial charge in [-0.05, 0) is 19.3 Å². The number of nitrogens with two attached hydrogens (primary N) is 1. The highest BCUT2D eigenvalue weighted by molar-refractivity contribution is 5.86. The van der Waals surface area contributed by atoms with E-state index in [0.29, 0.717) is 6.61 Å². The first kappa shape index (κ1) is 14.4. The summed E-state index contributed by atoms with van der Waals surface area (Å²) >= 11 is 0. The number of aliphatic carboxylic acids is 1. The molecule has 1 fully saturated rings. The van der Waals surface area contributed by atoms with E-state index in [-0.39, 0.29) is 19.1 Å². The van der Waals surface area contributed by atoms with Crippen molar-refractivity contribution >= 4 is 17.8 Å². The zero-order valence-electron chi connectivity index (χ0n) is 10.1. The third kappa shape index (κ3) is 5.13.